The zero-order valence-corrected chi connectivity index (χ0v) is 18.1. The third kappa shape index (κ3) is 3.80. The molecule has 168 valence electrons. The van der Waals surface area contributed by atoms with Crippen LogP contribution >= 0.6 is 0 Å². The molecule has 2 N–H and O–H groups in total. The molecule has 7 rings (SSSR count). The molecule has 1 aromatic heterocycles. The summed E-state index contributed by atoms with van der Waals surface area (Å²) < 4.78 is 24.4. The van der Waals surface area contributed by atoms with Crippen molar-refractivity contribution < 1.29 is 18.8 Å². The topological polar surface area (TPSA) is 67.5 Å². The van der Waals surface area contributed by atoms with Crippen molar-refractivity contribution >= 4 is 11.0 Å². The van der Waals surface area contributed by atoms with E-state index < -0.39 is 6.10 Å². The molecule has 3 aromatic rings. The zero-order chi connectivity index (χ0) is 21.7. The van der Waals surface area contributed by atoms with Crippen LogP contribution in [0.25, 0.3) is 22.2 Å². The first-order chi connectivity index (χ1) is 15.6. The Labute approximate surface area is 186 Å². The number of hydrogen-bond acceptors (Lipinski definition) is 5. The van der Waals surface area contributed by atoms with E-state index in [1.807, 2.05) is 24.3 Å². The van der Waals surface area contributed by atoms with Gasteiger partial charge in [0.1, 0.15) is 30.0 Å². The standard InChI is InChI=1S/C26H29FN2O3/c27-20-3-6-23-24(10-20)32-29-25(23)19-1-4-22(5-2-19)31-15-21(30)14-28-26-11-16-7-17(12-26)9-18(8-16)13-26/h1-6,10,16-18,21,28,30H,7-9,11-15H2/t16?,17?,18?,21-,26?/m1/s1. The van der Waals surface area contributed by atoms with Gasteiger partial charge < -0.3 is 19.7 Å². The second-order valence-electron chi connectivity index (χ2n) is 10.2. The van der Waals surface area contributed by atoms with E-state index in [4.69, 9.17) is 9.26 Å². The summed E-state index contributed by atoms with van der Waals surface area (Å²) in [6, 6.07) is 11.9. The highest BCUT2D eigenvalue weighted by molar-refractivity contribution is 5.91. The third-order valence-corrected chi connectivity index (χ3v) is 7.76. The zero-order valence-electron chi connectivity index (χ0n) is 18.1. The lowest BCUT2D eigenvalue weighted by molar-refractivity contribution is -0.0266. The van der Waals surface area contributed by atoms with Crippen LogP contribution in [0.1, 0.15) is 38.5 Å². The maximum Gasteiger partial charge on any atom is 0.170 e. The van der Waals surface area contributed by atoms with Crippen LogP contribution in [-0.4, -0.2) is 35.1 Å². The Hall–Kier alpha value is -2.44. The number of aliphatic hydroxyl groups excluding tert-OH is 1. The summed E-state index contributed by atoms with van der Waals surface area (Å²) in [7, 11) is 0. The lowest BCUT2D eigenvalue weighted by Crippen LogP contribution is -2.59. The number of nitrogens with zero attached hydrogens (tertiary/aromatic N) is 1. The van der Waals surface area contributed by atoms with Crippen molar-refractivity contribution in [3.63, 3.8) is 0 Å². The highest BCUT2D eigenvalue weighted by Gasteiger charge is 2.50. The fourth-order valence-corrected chi connectivity index (χ4v) is 6.74. The van der Waals surface area contributed by atoms with Gasteiger partial charge in [0.15, 0.2) is 5.58 Å². The molecule has 6 heteroatoms. The first kappa shape index (κ1) is 20.2. The molecule has 32 heavy (non-hydrogen) atoms. The van der Waals surface area contributed by atoms with Crippen LogP contribution in [-0.2, 0) is 0 Å². The first-order valence-electron chi connectivity index (χ1n) is 11.8. The largest absolute Gasteiger partial charge is 0.491 e. The second-order valence-corrected chi connectivity index (χ2v) is 10.2. The third-order valence-electron chi connectivity index (χ3n) is 7.76. The summed E-state index contributed by atoms with van der Waals surface area (Å²) in [6.07, 6.45) is 7.54. The molecule has 1 atom stereocenters. The van der Waals surface area contributed by atoms with E-state index in [9.17, 15) is 9.50 Å². The van der Waals surface area contributed by atoms with E-state index >= 15 is 0 Å². The van der Waals surface area contributed by atoms with Crippen LogP contribution in [0.15, 0.2) is 47.0 Å². The van der Waals surface area contributed by atoms with Crippen molar-refractivity contribution in [2.24, 2.45) is 17.8 Å². The lowest BCUT2D eigenvalue weighted by Gasteiger charge is -2.57. The van der Waals surface area contributed by atoms with Crippen molar-refractivity contribution in [1.82, 2.24) is 10.5 Å². The Morgan fingerprint density at radius 2 is 1.75 bits per heavy atom. The minimum atomic E-state index is -0.544. The fourth-order valence-electron chi connectivity index (χ4n) is 6.74. The van der Waals surface area contributed by atoms with Gasteiger partial charge >= 0.3 is 0 Å². The smallest absolute Gasteiger partial charge is 0.170 e. The van der Waals surface area contributed by atoms with Crippen LogP contribution in [0.3, 0.4) is 0 Å². The van der Waals surface area contributed by atoms with Gasteiger partial charge in [-0.25, -0.2) is 4.39 Å². The van der Waals surface area contributed by atoms with Crippen molar-refractivity contribution in [2.45, 2.75) is 50.2 Å². The van der Waals surface area contributed by atoms with Gasteiger partial charge in [0, 0.05) is 29.1 Å². The number of aromatic nitrogens is 1. The summed E-state index contributed by atoms with van der Waals surface area (Å²) in [4.78, 5) is 0. The molecule has 0 unspecified atom stereocenters. The number of hydrogen-bond donors (Lipinski definition) is 2. The molecule has 1 heterocycles. The molecule has 4 saturated carbocycles. The molecule has 0 aliphatic heterocycles. The Kier molecular flexibility index (Phi) is 4.95. The van der Waals surface area contributed by atoms with Gasteiger partial charge in [-0.05, 0) is 92.7 Å². The summed E-state index contributed by atoms with van der Waals surface area (Å²) in [5, 5.41) is 19.1. The van der Waals surface area contributed by atoms with Crippen LogP contribution in [0.5, 0.6) is 5.75 Å². The van der Waals surface area contributed by atoms with E-state index in [0.717, 1.165) is 28.7 Å². The number of rotatable bonds is 7. The van der Waals surface area contributed by atoms with Gasteiger partial charge in [0.05, 0.1) is 0 Å². The number of β-amino-alcohol motifs (C(OH)–C–C–N with tert-alkyl or cyclic N) is 1. The van der Waals surface area contributed by atoms with Gasteiger partial charge in [-0.1, -0.05) is 5.16 Å². The number of aliphatic hydroxyl groups is 1. The second kappa shape index (κ2) is 7.85. The highest BCUT2D eigenvalue weighted by Crippen LogP contribution is 2.55. The predicted octanol–water partition coefficient (Wildman–Crippen LogP) is 4.93. The van der Waals surface area contributed by atoms with Crippen LogP contribution in [0.4, 0.5) is 4.39 Å². The van der Waals surface area contributed by atoms with Crippen molar-refractivity contribution in [3.8, 4) is 17.0 Å². The number of nitrogens with one attached hydrogen (secondary N) is 1. The monoisotopic (exact) mass is 436 g/mol. The Morgan fingerprint density at radius 1 is 1.06 bits per heavy atom. The minimum absolute atomic E-state index is 0.251. The molecule has 2 aromatic carbocycles. The van der Waals surface area contributed by atoms with Gasteiger partial charge in [-0.15, -0.1) is 0 Å². The van der Waals surface area contributed by atoms with Crippen molar-refractivity contribution in [1.29, 1.82) is 0 Å². The molecule has 4 bridgehead atoms. The Morgan fingerprint density at radius 3 is 2.44 bits per heavy atom. The average molecular weight is 437 g/mol. The molecule has 5 nitrogen and oxygen atoms in total. The molecule has 0 saturated heterocycles. The molecule has 4 aliphatic carbocycles. The Bertz CT molecular complexity index is 1070. The molecule has 4 aliphatic rings. The van der Waals surface area contributed by atoms with Crippen LogP contribution in [0, 0.1) is 23.6 Å². The van der Waals surface area contributed by atoms with E-state index in [-0.39, 0.29) is 18.0 Å². The van der Waals surface area contributed by atoms with E-state index in [0.29, 0.717) is 23.6 Å². The minimum Gasteiger partial charge on any atom is -0.491 e. The number of benzene rings is 2. The van der Waals surface area contributed by atoms with Gasteiger partial charge in [-0.3, -0.25) is 0 Å². The maximum absolute atomic E-state index is 13.4. The van der Waals surface area contributed by atoms with E-state index in [2.05, 4.69) is 10.5 Å². The number of ether oxygens (including phenoxy) is 1. The average Bonchev–Trinajstić information content (AvgIpc) is 3.19. The van der Waals surface area contributed by atoms with Crippen LogP contribution < -0.4 is 10.1 Å². The van der Waals surface area contributed by atoms with Gasteiger partial charge in [0.25, 0.3) is 0 Å². The first-order valence-corrected chi connectivity index (χ1v) is 11.8. The summed E-state index contributed by atoms with van der Waals surface area (Å²) >= 11 is 0. The molecular weight excluding hydrogens is 407 g/mol. The lowest BCUT2D eigenvalue weighted by atomic mass is 9.53. The summed E-state index contributed by atoms with van der Waals surface area (Å²) in [5.41, 5.74) is 2.22. The van der Waals surface area contributed by atoms with Crippen LogP contribution in [0.2, 0.25) is 0 Å². The van der Waals surface area contributed by atoms with E-state index in [1.165, 1.54) is 50.7 Å². The molecule has 0 radical (unpaired) electrons. The van der Waals surface area contributed by atoms with Gasteiger partial charge in [-0.2, -0.15) is 0 Å². The molecule has 0 amide bonds. The van der Waals surface area contributed by atoms with Gasteiger partial charge in [0.2, 0.25) is 0 Å². The normalized spacial score (nSPS) is 29.5. The summed E-state index contributed by atoms with van der Waals surface area (Å²) in [5.74, 6) is 3.02. The van der Waals surface area contributed by atoms with Crippen molar-refractivity contribution in [3.05, 3.63) is 48.3 Å². The van der Waals surface area contributed by atoms with E-state index in [1.54, 1.807) is 6.07 Å². The maximum atomic E-state index is 13.4. The SMILES string of the molecule is O[C@H](CNC12CC3CC(CC(C3)C1)C2)COc1ccc(-c2noc3cc(F)ccc23)cc1. The highest BCUT2D eigenvalue weighted by atomic mass is 19.1. The molecular formula is C26H29FN2O3. The fraction of sp³-hybridized carbons (Fsp3) is 0.500. The molecule has 0 spiro atoms. The number of halogens is 1. The molecule has 4 fully saturated rings. The predicted molar refractivity (Wildman–Crippen MR) is 120 cm³/mol. The summed E-state index contributed by atoms with van der Waals surface area (Å²) in [6.45, 7) is 0.830. The quantitative estimate of drug-likeness (QED) is 0.550. The Balaban J connectivity index is 1.04. The number of fused-ring (bicyclic) bond motifs is 1. The van der Waals surface area contributed by atoms with Crippen molar-refractivity contribution in [2.75, 3.05) is 13.2 Å².